The normalized spacial score (nSPS) is 12.7. The molecule has 4 aromatic rings. The van der Waals surface area contributed by atoms with Crippen LogP contribution in [0.5, 0.6) is 5.75 Å². The van der Waals surface area contributed by atoms with Crippen molar-refractivity contribution >= 4 is 20.9 Å². The largest absolute Gasteiger partial charge is 0.494 e. The van der Waals surface area contributed by atoms with E-state index in [-0.39, 0.29) is 17.4 Å². The average Bonchev–Trinajstić information content (AvgIpc) is 3.19. The minimum Gasteiger partial charge on any atom is -0.494 e. The third-order valence-corrected chi connectivity index (χ3v) is 6.56. The predicted molar refractivity (Wildman–Crippen MR) is 119 cm³/mol. The Morgan fingerprint density at radius 2 is 1.63 bits per heavy atom. The molecule has 3 aromatic carbocycles. The lowest BCUT2D eigenvalue weighted by Gasteiger charge is -2.18. The molecule has 0 amide bonds. The number of rotatable bonds is 8. The molecule has 4 rings (SSSR count). The van der Waals surface area contributed by atoms with E-state index >= 15 is 0 Å². The molecule has 1 aromatic heterocycles. The second-order valence-electron chi connectivity index (χ2n) is 7.01. The van der Waals surface area contributed by atoms with Crippen molar-refractivity contribution in [3.63, 3.8) is 0 Å². The van der Waals surface area contributed by atoms with Crippen LogP contribution in [0.3, 0.4) is 0 Å². The smallest absolute Gasteiger partial charge is 0.240 e. The Labute approximate surface area is 176 Å². The van der Waals surface area contributed by atoms with Crippen LogP contribution in [-0.2, 0) is 10.0 Å². The Hall–Kier alpha value is -3.09. The molecule has 0 aliphatic heterocycles. The van der Waals surface area contributed by atoms with Gasteiger partial charge in [-0.3, -0.25) is 0 Å². The van der Waals surface area contributed by atoms with Crippen molar-refractivity contribution in [1.82, 2.24) is 9.71 Å². The van der Waals surface area contributed by atoms with Gasteiger partial charge in [-0.1, -0.05) is 48.5 Å². The minimum atomic E-state index is -3.66. The molecule has 154 valence electrons. The van der Waals surface area contributed by atoms with Crippen LogP contribution in [0.2, 0.25) is 0 Å². The number of ether oxygens (including phenoxy) is 1. The summed E-state index contributed by atoms with van der Waals surface area (Å²) in [7, 11) is -3.66. The number of aromatic nitrogens is 1. The third-order valence-electron chi connectivity index (χ3n) is 5.12. The fraction of sp³-hybridized carbons (Fsp3) is 0.167. The molecular formula is C24H24N2O3S. The molecular weight excluding hydrogens is 396 g/mol. The zero-order valence-electron chi connectivity index (χ0n) is 16.7. The maximum Gasteiger partial charge on any atom is 0.240 e. The SMILES string of the molecule is CCOc1ccc(S(=O)(=O)NC[C@H](c2ccccc2)c2c[nH]c3ccccc23)cc1. The summed E-state index contributed by atoms with van der Waals surface area (Å²) >= 11 is 0. The first-order chi connectivity index (χ1) is 14.6. The van der Waals surface area contributed by atoms with Crippen molar-refractivity contribution in [3.05, 3.63) is 96.2 Å². The van der Waals surface area contributed by atoms with E-state index in [1.165, 1.54) is 0 Å². The summed E-state index contributed by atoms with van der Waals surface area (Å²) in [6.45, 7) is 2.68. The zero-order valence-corrected chi connectivity index (χ0v) is 17.5. The molecule has 0 aliphatic rings. The Bertz CT molecular complexity index is 1220. The number of para-hydroxylation sites is 1. The van der Waals surface area contributed by atoms with E-state index in [9.17, 15) is 8.42 Å². The van der Waals surface area contributed by atoms with Gasteiger partial charge >= 0.3 is 0 Å². The summed E-state index contributed by atoms with van der Waals surface area (Å²) in [5.74, 6) is 0.525. The van der Waals surface area contributed by atoms with Crippen LogP contribution >= 0.6 is 0 Å². The van der Waals surface area contributed by atoms with Crippen molar-refractivity contribution in [2.45, 2.75) is 17.7 Å². The molecule has 0 bridgehead atoms. The van der Waals surface area contributed by atoms with Gasteiger partial charge in [0.05, 0.1) is 11.5 Å². The Balaban J connectivity index is 1.62. The Kier molecular flexibility index (Phi) is 5.88. The molecule has 1 atom stereocenters. The number of hydrogen-bond donors (Lipinski definition) is 2. The third kappa shape index (κ3) is 4.25. The van der Waals surface area contributed by atoms with Crippen LogP contribution in [0.15, 0.2) is 90.0 Å². The second kappa shape index (κ2) is 8.73. The number of aromatic amines is 1. The minimum absolute atomic E-state index is 0.125. The van der Waals surface area contributed by atoms with Crippen LogP contribution in [0.1, 0.15) is 24.0 Å². The van der Waals surface area contributed by atoms with Gasteiger partial charge in [0.25, 0.3) is 0 Å². The number of fused-ring (bicyclic) bond motifs is 1. The lowest BCUT2D eigenvalue weighted by Crippen LogP contribution is -2.29. The molecule has 0 spiro atoms. The summed E-state index contributed by atoms with van der Waals surface area (Å²) in [5, 5.41) is 1.09. The fourth-order valence-electron chi connectivity index (χ4n) is 3.63. The van der Waals surface area contributed by atoms with Crippen LogP contribution in [-0.4, -0.2) is 26.6 Å². The summed E-state index contributed by atoms with van der Waals surface area (Å²) < 4.78 is 34.0. The van der Waals surface area contributed by atoms with E-state index in [1.54, 1.807) is 24.3 Å². The van der Waals surface area contributed by atoms with Crippen molar-refractivity contribution in [2.24, 2.45) is 0 Å². The van der Waals surface area contributed by atoms with Gasteiger partial charge in [0.1, 0.15) is 5.75 Å². The highest BCUT2D eigenvalue weighted by Crippen LogP contribution is 2.31. The summed E-state index contributed by atoms with van der Waals surface area (Å²) in [5.41, 5.74) is 3.14. The fourth-order valence-corrected chi connectivity index (χ4v) is 4.68. The van der Waals surface area contributed by atoms with Crippen molar-refractivity contribution in [2.75, 3.05) is 13.2 Å². The average molecular weight is 421 g/mol. The number of sulfonamides is 1. The van der Waals surface area contributed by atoms with E-state index in [4.69, 9.17) is 4.74 Å². The molecule has 6 heteroatoms. The van der Waals surface area contributed by atoms with Crippen LogP contribution in [0.25, 0.3) is 10.9 Å². The van der Waals surface area contributed by atoms with Gasteiger partial charge in [-0.15, -0.1) is 0 Å². The lowest BCUT2D eigenvalue weighted by molar-refractivity contribution is 0.340. The number of benzene rings is 3. The first kappa shape index (κ1) is 20.2. The number of hydrogen-bond acceptors (Lipinski definition) is 3. The molecule has 0 aliphatic carbocycles. The number of H-pyrrole nitrogens is 1. The second-order valence-corrected chi connectivity index (χ2v) is 8.78. The monoisotopic (exact) mass is 420 g/mol. The predicted octanol–water partition coefficient (Wildman–Crippen LogP) is 4.68. The number of nitrogens with one attached hydrogen (secondary N) is 2. The first-order valence-corrected chi connectivity index (χ1v) is 11.4. The molecule has 1 heterocycles. The Morgan fingerprint density at radius 3 is 2.37 bits per heavy atom. The lowest BCUT2D eigenvalue weighted by atomic mass is 9.91. The molecule has 0 unspecified atom stereocenters. The van der Waals surface area contributed by atoms with Gasteiger partial charge in [0, 0.05) is 29.6 Å². The van der Waals surface area contributed by atoms with Crippen LogP contribution in [0.4, 0.5) is 0 Å². The van der Waals surface area contributed by atoms with Gasteiger partial charge in [-0.05, 0) is 48.4 Å². The topological polar surface area (TPSA) is 71.2 Å². The maximum absolute atomic E-state index is 12.9. The van der Waals surface area contributed by atoms with Crippen molar-refractivity contribution in [3.8, 4) is 5.75 Å². The first-order valence-electron chi connectivity index (χ1n) is 9.92. The quantitative estimate of drug-likeness (QED) is 0.435. The van der Waals surface area contributed by atoms with Crippen LogP contribution < -0.4 is 9.46 Å². The van der Waals surface area contributed by atoms with Crippen molar-refractivity contribution < 1.29 is 13.2 Å². The zero-order chi connectivity index (χ0) is 21.0. The van der Waals surface area contributed by atoms with Gasteiger partial charge in [0.15, 0.2) is 0 Å². The van der Waals surface area contributed by atoms with Gasteiger partial charge < -0.3 is 9.72 Å². The molecule has 0 fully saturated rings. The van der Waals surface area contributed by atoms with E-state index in [1.807, 2.05) is 61.7 Å². The standard InChI is InChI=1S/C24H24N2O3S/c1-2-29-19-12-14-20(15-13-19)30(27,28)26-17-22(18-8-4-3-5-9-18)23-16-25-24-11-7-6-10-21(23)24/h3-16,22,25-26H,2,17H2,1H3/t22-/m1/s1. The highest BCUT2D eigenvalue weighted by atomic mass is 32.2. The molecule has 5 nitrogen and oxygen atoms in total. The van der Waals surface area contributed by atoms with Gasteiger partial charge in [-0.2, -0.15) is 0 Å². The van der Waals surface area contributed by atoms with E-state index in [0.717, 1.165) is 22.0 Å². The summed E-state index contributed by atoms with van der Waals surface area (Å²) in [6, 6.07) is 24.5. The van der Waals surface area contributed by atoms with E-state index in [2.05, 4.69) is 15.8 Å². The molecule has 0 saturated carbocycles. The maximum atomic E-state index is 12.9. The molecule has 30 heavy (non-hydrogen) atoms. The molecule has 0 radical (unpaired) electrons. The van der Waals surface area contributed by atoms with E-state index in [0.29, 0.717) is 12.4 Å². The molecule has 2 N–H and O–H groups in total. The van der Waals surface area contributed by atoms with Crippen molar-refractivity contribution in [1.29, 1.82) is 0 Å². The van der Waals surface area contributed by atoms with Gasteiger partial charge in [0.2, 0.25) is 10.0 Å². The van der Waals surface area contributed by atoms with Crippen LogP contribution in [0, 0.1) is 0 Å². The summed E-state index contributed by atoms with van der Waals surface area (Å²) in [6.07, 6.45) is 1.97. The highest BCUT2D eigenvalue weighted by molar-refractivity contribution is 7.89. The Morgan fingerprint density at radius 1 is 0.933 bits per heavy atom. The molecule has 0 saturated heterocycles. The summed E-state index contributed by atoms with van der Waals surface area (Å²) in [4.78, 5) is 3.51. The highest BCUT2D eigenvalue weighted by Gasteiger charge is 2.22. The van der Waals surface area contributed by atoms with E-state index < -0.39 is 10.0 Å². The van der Waals surface area contributed by atoms with Gasteiger partial charge in [-0.25, -0.2) is 13.1 Å².